The average molecular weight is 298 g/mol. The fourth-order valence-electron chi connectivity index (χ4n) is 1.89. The standard InChI is InChI=1S/C12H9Cl2N3S/c1-6-10(13)15-12-9(8-4-3-5-18-8)7(2)16-17(12)11(6)14/h3-5H,1-2H3. The molecular weight excluding hydrogens is 289 g/mol. The molecule has 6 heteroatoms. The fraction of sp³-hybridized carbons (Fsp3) is 0.167. The van der Waals surface area contributed by atoms with Crippen LogP contribution >= 0.6 is 34.5 Å². The summed E-state index contributed by atoms with van der Waals surface area (Å²) in [4.78, 5) is 5.52. The molecule has 0 radical (unpaired) electrons. The lowest BCUT2D eigenvalue weighted by atomic mass is 10.2. The van der Waals surface area contributed by atoms with Crippen LogP contribution in [-0.2, 0) is 0 Å². The SMILES string of the molecule is Cc1nn2c(Cl)c(C)c(Cl)nc2c1-c1cccs1. The molecule has 0 N–H and O–H groups in total. The minimum atomic E-state index is 0.421. The van der Waals surface area contributed by atoms with Crippen molar-refractivity contribution in [1.82, 2.24) is 14.6 Å². The third-order valence-electron chi connectivity index (χ3n) is 2.81. The number of rotatable bonds is 1. The molecule has 0 saturated carbocycles. The first kappa shape index (κ1) is 12.0. The molecule has 3 rings (SSSR count). The number of halogens is 2. The van der Waals surface area contributed by atoms with Gasteiger partial charge in [-0.15, -0.1) is 11.3 Å². The monoisotopic (exact) mass is 297 g/mol. The van der Waals surface area contributed by atoms with Crippen LogP contribution in [0.5, 0.6) is 0 Å². The smallest absolute Gasteiger partial charge is 0.167 e. The fourth-order valence-corrected chi connectivity index (χ4v) is 3.13. The number of nitrogens with zero attached hydrogens (tertiary/aromatic N) is 3. The highest BCUT2D eigenvalue weighted by Crippen LogP contribution is 2.34. The van der Waals surface area contributed by atoms with Gasteiger partial charge < -0.3 is 0 Å². The highest BCUT2D eigenvalue weighted by molar-refractivity contribution is 7.13. The van der Waals surface area contributed by atoms with Crippen molar-refractivity contribution in [2.24, 2.45) is 0 Å². The Balaban J connectivity index is 2.44. The largest absolute Gasteiger partial charge is 0.216 e. The van der Waals surface area contributed by atoms with Gasteiger partial charge in [0.2, 0.25) is 0 Å². The summed E-state index contributed by atoms with van der Waals surface area (Å²) in [5.41, 5.74) is 3.34. The van der Waals surface area contributed by atoms with Crippen molar-refractivity contribution >= 4 is 40.2 Å². The topological polar surface area (TPSA) is 30.2 Å². The summed E-state index contributed by atoms with van der Waals surface area (Å²) >= 11 is 14.0. The third kappa shape index (κ3) is 1.64. The molecule has 0 aromatic carbocycles. The maximum atomic E-state index is 6.26. The van der Waals surface area contributed by atoms with Gasteiger partial charge in [0, 0.05) is 10.4 Å². The van der Waals surface area contributed by atoms with Gasteiger partial charge in [-0.2, -0.15) is 5.10 Å². The Morgan fingerprint density at radius 2 is 2.06 bits per heavy atom. The predicted octanol–water partition coefficient (Wildman–Crippen LogP) is 4.38. The van der Waals surface area contributed by atoms with E-state index in [4.69, 9.17) is 23.2 Å². The molecule has 3 aromatic heterocycles. The summed E-state index contributed by atoms with van der Waals surface area (Å²) in [5.74, 6) is 0. The molecular formula is C12H9Cl2N3S. The van der Waals surface area contributed by atoms with Crippen molar-refractivity contribution < 1.29 is 0 Å². The summed E-state index contributed by atoms with van der Waals surface area (Å²) < 4.78 is 1.65. The van der Waals surface area contributed by atoms with Gasteiger partial charge in [0.05, 0.1) is 11.3 Å². The van der Waals surface area contributed by atoms with Gasteiger partial charge in [-0.05, 0) is 25.3 Å². The van der Waals surface area contributed by atoms with E-state index in [1.165, 1.54) is 0 Å². The summed E-state index contributed by atoms with van der Waals surface area (Å²) in [7, 11) is 0. The first-order valence-electron chi connectivity index (χ1n) is 5.34. The average Bonchev–Trinajstić information content (AvgIpc) is 2.94. The van der Waals surface area contributed by atoms with Crippen LogP contribution in [0.15, 0.2) is 17.5 Å². The molecule has 0 spiro atoms. The molecule has 3 aromatic rings. The highest BCUT2D eigenvalue weighted by Gasteiger charge is 2.18. The summed E-state index contributed by atoms with van der Waals surface area (Å²) in [6, 6.07) is 4.04. The van der Waals surface area contributed by atoms with E-state index in [2.05, 4.69) is 10.1 Å². The molecule has 0 aliphatic rings. The second-order valence-electron chi connectivity index (χ2n) is 3.99. The van der Waals surface area contributed by atoms with E-state index in [1.807, 2.05) is 31.4 Å². The lowest BCUT2D eigenvalue weighted by molar-refractivity contribution is 0.908. The van der Waals surface area contributed by atoms with Crippen molar-refractivity contribution in [3.05, 3.63) is 39.1 Å². The molecule has 0 bridgehead atoms. The molecule has 92 valence electrons. The molecule has 0 saturated heterocycles. The van der Waals surface area contributed by atoms with Crippen molar-refractivity contribution in [2.75, 3.05) is 0 Å². The second kappa shape index (κ2) is 4.23. The van der Waals surface area contributed by atoms with Crippen LogP contribution in [-0.4, -0.2) is 14.6 Å². The molecule has 0 fully saturated rings. The van der Waals surface area contributed by atoms with Crippen LogP contribution in [0.1, 0.15) is 11.3 Å². The van der Waals surface area contributed by atoms with Gasteiger partial charge in [0.25, 0.3) is 0 Å². The molecule has 3 nitrogen and oxygen atoms in total. The van der Waals surface area contributed by atoms with Crippen molar-refractivity contribution in [2.45, 2.75) is 13.8 Å². The highest BCUT2D eigenvalue weighted by atomic mass is 35.5. The van der Waals surface area contributed by atoms with Gasteiger partial charge in [-0.1, -0.05) is 29.3 Å². The third-order valence-corrected chi connectivity index (χ3v) is 4.51. The quantitative estimate of drug-likeness (QED) is 0.624. The molecule has 0 unspecified atom stereocenters. The Labute approximate surface area is 118 Å². The number of aryl methyl sites for hydroxylation is 1. The molecule has 0 aliphatic heterocycles. The molecule has 3 heterocycles. The van der Waals surface area contributed by atoms with Gasteiger partial charge in [0.1, 0.15) is 10.3 Å². The van der Waals surface area contributed by atoms with Crippen LogP contribution in [0.25, 0.3) is 16.1 Å². The van der Waals surface area contributed by atoms with Crippen LogP contribution in [0.3, 0.4) is 0 Å². The van der Waals surface area contributed by atoms with E-state index < -0.39 is 0 Å². The maximum absolute atomic E-state index is 6.26. The van der Waals surface area contributed by atoms with E-state index in [-0.39, 0.29) is 0 Å². The van der Waals surface area contributed by atoms with E-state index >= 15 is 0 Å². The summed E-state index contributed by atoms with van der Waals surface area (Å²) in [6.45, 7) is 3.78. The lowest BCUT2D eigenvalue weighted by Crippen LogP contribution is -1.96. The Hall–Kier alpha value is -1.10. The number of thiophene rings is 1. The zero-order valence-electron chi connectivity index (χ0n) is 9.74. The number of hydrogen-bond donors (Lipinski definition) is 0. The van der Waals surface area contributed by atoms with Crippen molar-refractivity contribution in [3.63, 3.8) is 0 Å². The minimum Gasteiger partial charge on any atom is -0.216 e. The van der Waals surface area contributed by atoms with Crippen LogP contribution in [0, 0.1) is 13.8 Å². The van der Waals surface area contributed by atoms with E-state index in [1.54, 1.807) is 15.9 Å². The number of hydrogen-bond acceptors (Lipinski definition) is 3. The molecule has 0 aliphatic carbocycles. The second-order valence-corrected chi connectivity index (χ2v) is 5.66. The lowest BCUT2D eigenvalue weighted by Gasteiger charge is -2.03. The van der Waals surface area contributed by atoms with Gasteiger partial charge in [0.15, 0.2) is 5.65 Å². The van der Waals surface area contributed by atoms with Crippen LogP contribution < -0.4 is 0 Å². The zero-order valence-corrected chi connectivity index (χ0v) is 12.1. The van der Waals surface area contributed by atoms with Gasteiger partial charge in [-0.3, -0.25) is 0 Å². The summed E-state index contributed by atoms with van der Waals surface area (Å²) in [6.07, 6.45) is 0. The Morgan fingerprint density at radius 3 is 2.72 bits per heavy atom. The van der Waals surface area contributed by atoms with Gasteiger partial charge >= 0.3 is 0 Å². The molecule has 0 atom stereocenters. The van der Waals surface area contributed by atoms with Crippen LogP contribution in [0.2, 0.25) is 10.3 Å². The Morgan fingerprint density at radius 1 is 1.28 bits per heavy atom. The number of aromatic nitrogens is 3. The van der Waals surface area contributed by atoms with E-state index in [0.29, 0.717) is 16.0 Å². The Kier molecular flexibility index (Phi) is 2.81. The van der Waals surface area contributed by atoms with Crippen molar-refractivity contribution in [3.8, 4) is 10.4 Å². The zero-order chi connectivity index (χ0) is 12.9. The van der Waals surface area contributed by atoms with E-state index in [9.17, 15) is 0 Å². The molecule has 18 heavy (non-hydrogen) atoms. The summed E-state index contributed by atoms with van der Waals surface area (Å²) in [5, 5.41) is 7.40. The van der Waals surface area contributed by atoms with Crippen molar-refractivity contribution in [1.29, 1.82) is 0 Å². The van der Waals surface area contributed by atoms with Gasteiger partial charge in [-0.25, -0.2) is 9.50 Å². The Bertz CT molecular complexity index is 732. The molecule has 0 amide bonds. The first-order valence-corrected chi connectivity index (χ1v) is 6.98. The number of fused-ring (bicyclic) bond motifs is 1. The van der Waals surface area contributed by atoms with Crippen LogP contribution in [0.4, 0.5) is 0 Å². The first-order chi connectivity index (χ1) is 8.59. The minimum absolute atomic E-state index is 0.421. The normalized spacial score (nSPS) is 11.3. The van der Waals surface area contributed by atoms with E-state index in [0.717, 1.165) is 21.7 Å². The predicted molar refractivity (Wildman–Crippen MR) is 75.8 cm³/mol. The maximum Gasteiger partial charge on any atom is 0.167 e.